The lowest BCUT2D eigenvalue weighted by molar-refractivity contribution is -0.113. The number of nitrogens with zero attached hydrogens (tertiary/aromatic N) is 2. The van der Waals surface area contributed by atoms with E-state index < -0.39 is 0 Å². The van der Waals surface area contributed by atoms with Crippen molar-refractivity contribution >= 4 is 39.8 Å². The summed E-state index contributed by atoms with van der Waals surface area (Å²) in [5.41, 5.74) is 2.83. The van der Waals surface area contributed by atoms with Gasteiger partial charge in [-0.25, -0.2) is 0 Å². The topological polar surface area (TPSA) is 90.3 Å². The number of rotatable bonds is 2. The van der Waals surface area contributed by atoms with Crippen LogP contribution in [0.3, 0.4) is 0 Å². The second-order valence-corrected chi connectivity index (χ2v) is 5.68. The van der Waals surface area contributed by atoms with Crippen molar-refractivity contribution < 1.29 is 9.53 Å². The van der Waals surface area contributed by atoms with E-state index in [0.29, 0.717) is 10.1 Å². The van der Waals surface area contributed by atoms with Crippen molar-refractivity contribution in [1.29, 1.82) is 5.26 Å². The van der Waals surface area contributed by atoms with Gasteiger partial charge in [0, 0.05) is 22.2 Å². The van der Waals surface area contributed by atoms with Crippen molar-refractivity contribution in [3.63, 3.8) is 0 Å². The highest BCUT2D eigenvalue weighted by Crippen LogP contribution is 2.32. The van der Waals surface area contributed by atoms with E-state index in [9.17, 15) is 4.79 Å². The Morgan fingerprint density at radius 2 is 2.32 bits per heavy atom. The summed E-state index contributed by atoms with van der Waals surface area (Å²) in [7, 11) is 1.61. The number of nitriles is 1. The molecule has 6 nitrogen and oxygen atoms in total. The van der Waals surface area contributed by atoms with Crippen molar-refractivity contribution in [2.45, 2.75) is 6.92 Å². The highest BCUT2D eigenvalue weighted by Gasteiger charge is 2.22. The molecule has 2 heterocycles. The van der Waals surface area contributed by atoms with Gasteiger partial charge >= 0.3 is 0 Å². The number of hydrogen-bond donors (Lipinski definition) is 2. The number of amidine groups is 1. The molecule has 1 aromatic carbocycles. The number of methoxy groups -OCH3 is 1. The molecule has 0 atom stereocenters. The quantitative estimate of drug-likeness (QED) is 0.505. The summed E-state index contributed by atoms with van der Waals surface area (Å²) in [6.45, 7) is 1.94. The molecule has 0 saturated heterocycles. The van der Waals surface area contributed by atoms with Gasteiger partial charge in [-0.2, -0.15) is 10.3 Å². The van der Waals surface area contributed by atoms with Crippen LogP contribution in [0.15, 0.2) is 28.1 Å². The molecule has 0 bridgehead atoms. The third-order valence-electron chi connectivity index (χ3n) is 3.30. The summed E-state index contributed by atoms with van der Waals surface area (Å²) in [6, 6.07) is 5.74. The lowest BCUT2D eigenvalue weighted by Crippen LogP contribution is -2.10. The fourth-order valence-electron chi connectivity index (χ4n) is 2.28. The molecule has 0 unspecified atom stereocenters. The van der Waals surface area contributed by atoms with Gasteiger partial charge in [0.1, 0.15) is 5.75 Å². The molecule has 1 aromatic heterocycles. The van der Waals surface area contributed by atoms with E-state index in [-0.39, 0.29) is 5.91 Å². The highest BCUT2D eigenvalue weighted by atomic mass is 32.2. The number of aromatic amines is 1. The van der Waals surface area contributed by atoms with Gasteiger partial charge in [0.05, 0.1) is 12.0 Å². The average molecular weight is 312 g/mol. The number of ether oxygens (including phenoxy) is 1. The molecule has 2 N–H and O–H groups in total. The molecule has 0 aliphatic carbocycles. The lowest BCUT2D eigenvalue weighted by Gasteiger charge is -2.00. The standard InChI is InChI=1S/C15H12N4O2S/c1-8-10(6-13-14(20)19-15(22-13)17-7-16)11-5-9(21-2)3-4-12(11)18-8/h3-6,18H,1-2H3,(H,17,19,20)/b13-6-. The number of benzene rings is 1. The predicted molar refractivity (Wildman–Crippen MR) is 86.3 cm³/mol. The summed E-state index contributed by atoms with van der Waals surface area (Å²) >= 11 is 1.15. The van der Waals surface area contributed by atoms with Crippen LogP contribution in [0.25, 0.3) is 17.0 Å². The maximum Gasteiger partial charge on any atom is 0.286 e. The van der Waals surface area contributed by atoms with E-state index in [4.69, 9.17) is 10.00 Å². The first-order chi connectivity index (χ1) is 10.6. The molecule has 1 aliphatic rings. The molecule has 22 heavy (non-hydrogen) atoms. The lowest BCUT2D eigenvalue weighted by atomic mass is 10.1. The SMILES string of the molecule is COc1ccc2[nH]c(C)c(/C=C3\SC(NC#N)=NC3=O)c2c1. The fourth-order valence-corrected chi connectivity index (χ4v) is 3.02. The van der Waals surface area contributed by atoms with Crippen molar-refractivity contribution in [1.82, 2.24) is 10.3 Å². The number of thioether (sulfide) groups is 1. The van der Waals surface area contributed by atoms with Crippen LogP contribution in [0.4, 0.5) is 0 Å². The molecule has 0 fully saturated rings. The third kappa shape index (κ3) is 2.44. The normalized spacial score (nSPS) is 16.0. The van der Waals surface area contributed by atoms with Crippen LogP contribution in [0.1, 0.15) is 11.3 Å². The van der Waals surface area contributed by atoms with Crippen molar-refractivity contribution in [2.24, 2.45) is 4.99 Å². The molecule has 110 valence electrons. The monoisotopic (exact) mass is 312 g/mol. The first kappa shape index (κ1) is 14.2. The Bertz CT molecular complexity index is 874. The molecule has 1 amide bonds. The molecule has 3 rings (SSSR count). The number of aromatic nitrogens is 1. The molecular weight excluding hydrogens is 300 g/mol. The molecule has 0 saturated carbocycles. The number of aliphatic imine (C=N–C) groups is 1. The number of carbonyl (C=O) groups is 1. The van der Waals surface area contributed by atoms with Gasteiger partial charge in [-0.05, 0) is 43.0 Å². The van der Waals surface area contributed by atoms with Crippen molar-refractivity contribution in [3.05, 3.63) is 34.4 Å². The van der Waals surface area contributed by atoms with Gasteiger partial charge < -0.3 is 9.72 Å². The first-order valence-electron chi connectivity index (χ1n) is 6.46. The van der Waals surface area contributed by atoms with E-state index in [1.165, 1.54) is 0 Å². The summed E-state index contributed by atoms with van der Waals surface area (Å²) in [5, 5.41) is 12.2. The molecular formula is C15H12N4O2S. The minimum absolute atomic E-state index is 0.300. The smallest absolute Gasteiger partial charge is 0.286 e. The summed E-state index contributed by atoms with van der Waals surface area (Å²) in [5.74, 6) is 0.402. The van der Waals surface area contributed by atoms with Gasteiger partial charge in [0.25, 0.3) is 5.91 Å². The van der Waals surface area contributed by atoms with Gasteiger partial charge in [-0.15, -0.1) is 0 Å². The van der Waals surface area contributed by atoms with Crippen LogP contribution in [-0.4, -0.2) is 23.2 Å². The Balaban J connectivity index is 2.04. The zero-order valence-corrected chi connectivity index (χ0v) is 12.7. The van der Waals surface area contributed by atoms with Gasteiger partial charge in [-0.1, -0.05) is 0 Å². The second kappa shape index (κ2) is 5.58. The van der Waals surface area contributed by atoms with E-state index in [1.54, 1.807) is 19.4 Å². The zero-order chi connectivity index (χ0) is 15.7. The predicted octanol–water partition coefficient (Wildman–Crippen LogP) is 2.53. The summed E-state index contributed by atoms with van der Waals surface area (Å²) in [6.07, 6.45) is 3.55. The zero-order valence-electron chi connectivity index (χ0n) is 11.9. The first-order valence-corrected chi connectivity index (χ1v) is 7.28. The van der Waals surface area contributed by atoms with Crippen molar-refractivity contribution in [3.8, 4) is 11.9 Å². The average Bonchev–Trinajstić information content (AvgIpc) is 3.00. The Hall–Kier alpha value is -2.72. The Labute approximate surface area is 130 Å². The van der Waals surface area contributed by atoms with Crippen LogP contribution in [0.5, 0.6) is 5.75 Å². The molecule has 1 aliphatic heterocycles. The van der Waals surface area contributed by atoms with Crippen LogP contribution < -0.4 is 10.1 Å². The summed E-state index contributed by atoms with van der Waals surface area (Å²) in [4.78, 5) is 19.4. The number of aryl methyl sites for hydroxylation is 1. The van der Waals surface area contributed by atoms with E-state index in [2.05, 4.69) is 15.3 Å². The molecule has 0 radical (unpaired) electrons. The van der Waals surface area contributed by atoms with Crippen LogP contribution in [0, 0.1) is 18.4 Å². The maximum absolute atomic E-state index is 11.9. The number of carbonyl (C=O) groups excluding carboxylic acids is 1. The molecule has 0 spiro atoms. The van der Waals surface area contributed by atoms with Gasteiger partial charge in [-0.3, -0.25) is 10.1 Å². The number of nitrogens with one attached hydrogen (secondary N) is 2. The Morgan fingerprint density at radius 3 is 3.05 bits per heavy atom. The van der Waals surface area contributed by atoms with Gasteiger partial charge in [0.2, 0.25) is 0 Å². The van der Waals surface area contributed by atoms with E-state index >= 15 is 0 Å². The largest absolute Gasteiger partial charge is 0.497 e. The van der Waals surface area contributed by atoms with Crippen LogP contribution in [0.2, 0.25) is 0 Å². The van der Waals surface area contributed by atoms with E-state index in [1.807, 2.05) is 25.1 Å². The molecule has 2 aromatic rings. The Kier molecular flexibility index (Phi) is 3.61. The van der Waals surface area contributed by atoms with Gasteiger partial charge in [0.15, 0.2) is 11.4 Å². The van der Waals surface area contributed by atoms with Crippen molar-refractivity contribution in [2.75, 3.05) is 7.11 Å². The number of fused-ring (bicyclic) bond motifs is 1. The number of amides is 1. The number of H-pyrrole nitrogens is 1. The second-order valence-electron chi connectivity index (χ2n) is 4.64. The maximum atomic E-state index is 11.9. The van der Waals surface area contributed by atoms with E-state index in [0.717, 1.165) is 39.7 Å². The fraction of sp³-hybridized carbons (Fsp3) is 0.133. The summed E-state index contributed by atoms with van der Waals surface area (Å²) < 4.78 is 5.25. The minimum Gasteiger partial charge on any atom is -0.497 e. The Morgan fingerprint density at radius 1 is 1.50 bits per heavy atom. The highest BCUT2D eigenvalue weighted by molar-refractivity contribution is 8.18. The number of hydrogen-bond acceptors (Lipinski definition) is 5. The van der Waals surface area contributed by atoms with Crippen LogP contribution >= 0.6 is 11.8 Å². The van der Waals surface area contributed by atoms with Crippen LogP contribution in [-0.2, 0) is 4.79 Å². The minimum atomic E-state index is -0.348. The third-order valence-corrected chi connectivity index (χ3v) is 4.20. The molecule has 7 heteroatoms.